The summed E-state index contributed by atoms with van der Waals surface area (Å²) in [4.78, 5) is 8.19. The van der Waals surface area contributed by atoms with Crippen LogP contribution in [0.1, 0.15) is 35.3 Å². The molecule has 86 valence electrons. The number of hydrogen-bond donors (Lipinski definition) is 1. The molecule has 0 bridgehead atoms. The molecule has 3 heteroatoms. The number of hydrogen-bond acceptors (Lipinski definition) is 3. The number of aliphatic hydroxyl groups is 1. The van der Waals surface area contributed by atoms with Crippen molar-refractivity contribution in [3.8, 4) is 0 Å². The van der Waals surface area contributed by atoms with E-state index in [0.717, 1.165) is 12.8 Å². The van der Waals surface area contributed by atoms with Gasteiger partial charge in [0.05, 0.1) is 11.9 Å². The Bertz CT molecular complexity index is 513. The standard InChI is InChI=1S/C14H14N2O/c17-14(13-9-15-7-8-16-13)12-6-5-10-3-1-2-4-11(10)12/h1-4,7-9,12,14,17H,5-6H2. The minimum absolute atomic E-state index is 0.155. The van der Waals surface area contributed by atoms with E-state index < -0.39 is 6.10 Å². The lowest BCUT2D eigenvalue weighted by molar-refractivity contribution is 0.140. The number of rotatable bonds is 2. The Balaban J connectivity index is 1.92. The van der Waals surface area contributed by atoms with Crippen molar-refractivity contribution >= 4 is 0 Å². The molecule has 2 atom stereocenters. The largest absolute Gasteiger partial charge is 0.386 e. The second-order valence-corrected chi connectivity index (χ2v) is 4.42. The summed E-state index contributed by atoms with van der Waals surface area (Å²) in [5.74, 6) is 0.155. The summed E-state index contributed by atoms with van der Waals surface area (Å²) in [6.45, 7) is 0. The van der Waals surface area contributed by atoms with Gasteiger partial charge in [0.1, 0.15) is 6.10 Å². The van der Waals surface area contributed by atoms with Crippen LogP contribution >= 0.6 is 0 Å². The molecular formula is C14H14N2O. The van der Waals surface area contributed by atoms with Crippen LogP contribution in [0.3, 0.4) is 0 Å². The van der Waals surface area contributed by atoms with Gasteiger partial charge in [-0.05, 0) is 24.0 Å². The van der Waals surface area contributed by atoms with Crippen LogP contribution in [0.25, 0.3) is 0 Å². The van der Waals surface area contributed by atoms with Gasteiger partial charge in [-0.25, -0.2) is 0 Å². The van der Waals surface area contributed by atoms with Crippen molar-refractivity contribution in [1.82, 2.24) is 9.97 Å². The van der Waals surface area contributed by atoms with E-state index in [1.54, 1.807) is 18.6 Å². The van der Waals surface area contributed by atoms with Crippen molar-refractivity contribution in [3.63, 3.8) is 0 Å². The first-order valence-electron chi connectivity index (χ1n) is 5.88. The molecule has 1 aromatic carbocycles. The van der Waals surface area contributed by atoms with Crippen LogP contribution in [0.2, 0.25) is 0 Å². The molecule has 3 nitrogen and oxygen atoms in total. The summed E-state index contributed by atoms with van der Waals surface area (Å²) in [5, 5.41) is 10.4. The van der Waals surface area contributed by atoms with E-state index in [9.17, 15) is 5.11 Å². The van der Waals surface area contributed by atoms with Crippen molar-refractivity contribution in [1.29, 1.82) is 0 Å². The molecule has 1 aliphatic rings. The second kappa shape index (κ2) is 4.26. The zero-order chi connectivity index (χ0) is 11.7. The third-order valence-electron chi connectivity index (χ3n) is 3.45. The summed E-state index contributed by atoms with van der Waals surface area (Å²) >= 11 is 0. The first kappa shape index (κ1) is 10.4. The maximum absolute atomic E-state index is 10.4. The topological polar surface area (TPSA) is 46.0 Å². The first-order chi connectivity index (χ1) is 8.36. The number of benzene rings is 1. The van der Waals surface area contributed by atoms with Crippen molar-refractivity contribution in [2.75, 3.05) is 0 Å². The molecule has 2 aromatic rings. The molecular weight excluding hydrogens is 212 g/mol. The van der Waals surface area contributed by atoms with Crippen LogP contribution in [0, 0.1) is 0 Å². The van der Waals surface area contributed by atoms with Gasteiger partial charge in [0.2, 0.25) is 0 Å². The smallest absolute Gasteiger partial charge is 0.104 e. The highest BCUT2D eigenvalue weighted by atomic mass is 16.3. The van der Waals surface area contributed by atoms with Crippen LogP contribution in [0.4, 0.5) is 0 Å². The molecule has 1 heterocycles. The molecule has 0 aliphatic heterocycles. The molecule has 0 amide bonds. The highest BCUT2D eigenvalue weighted by Gasteiger charge is 2.29. The fraction of sp³-hybridized carbons (Fsp3) is 0.286. The zero-order valence-electron chi connectivity index (χ0n) is 9.45. The number of aliphatic hydroxyl groups excluding tert-OH is 1. The SMILES string of the molecule is OC(c1cnccn1)C1CCc2ccccc21. The monoisotopic (exact) mass is 226 g/mol. The normalized spacial score (nSPS) is 19.9. The summed E-state index contributed by atoms with van der Waals surface area (Å²) < 4.78 is 0. The van der Waals surface area contributed by atoms with Gasteiger partial charge in [0, 0.05) is 18.3 Å². The predicted octanol–water partition coefficient (Wildman–Crippen LogP) is 2.24. The van der Waals surface area contributed by atoms with E-state index in [1.165, 1.54) is 11.1 Å². The highest BCUT2D eigenvalue weighted by Crippen LogP contribution is 2.40. The molecule has 0 fully saturated rings. The molecule has 3 rings (SSSR count). The quantitative estimate of drug-likeness (QED) is 0.854. The minimum Gasteiger partial charge on any atom is -0.386 e. The lowest BCUT2D eigenvalue weighted by atomic mass is 9.93. The summed E-state index contributed by atoms with van der Waals surface area (Å²) in [7, 11) is 0. The fourth-order valence-corrected chi connectivity index (χ4v) is 2.59. The van der Waals surface area contributed by atoms with Crippen molar-refractivity contribution in [2.45, 2.75) is 24.9 Å². The van der Waals surface area contributed by atoms with Gasteiger partial charge in [0.25, 0.3) is 0 Å². The summed E-state index contributed by atoms with van der Waals surface area (Å²) in [6, 6.07) is 8.32. The van der Waals surface area contributed by atoms with Gasteiger partial charge in [0.15, 0.2) is 0 Å². The molecule has 0 spiro atoms. The Kier molecular flexibility index (Phi) is 2.61. The second-order valence-electron chi connectivity index (χ2n) is 4.42. The third-order valence-corrected chi connectivity index (χ3v) is 3.45. The van der Waals surface area contributed by atoms with Crippen LogP contribution in [0.15, 0.2) is 42.9 Å². The van der Waals surface area contributed by atoms with Crippen LogP contribution in [-0.2, 0) is 6.42 Å². The molecule has 2 unspecified atom stereocenters. The van der Waals surface area contributed by atoms with E-state index in [4.69, 9.17) is 0 Å². The van der Waals surface area contributed by atoms with Gasteiger partial charge in [-0.3, -0.25) is 9.97 Å². The number of aryl methyl sites for hydroxylation is 1. The van der Waals surface area contributed by atoms with E-state index in [1.807, 2.05) is 6.07 Å². The van der Waals surface area contributed by atoms with Crippen LogP contribution < -0.4 is 0 Å². The Morgan fingerprint density at radius 2 is 2.12 bits per heavy atom. The number of nitrogens with zero attached hydrogens (tertiary/aromatic N) is 2. The third kappa shape index (κ3) is 1.83. The van der Waals surface area contributed by atoms with Crippen LogP contribution in [-0.4, -0.2) is 15.1 Å². The molecule has 1 aromatic heterocycles. The fourth-order valence-electron chi connectivity index (χ4n) is 2.59. The lowest BCUT2D eigenvalue weighted by Crippen LogP contribution is -2.10. The van der Waals surface area contributed by atoms with E-state index in [0.29, 0.717) is 5.69 Å². The Morgan fingerprint density at radius 1 is 1.24 bits per heavy atom. The van der Waals surface area contributed by atoms with E-state index in [-0.39, 0.29) is 5.92 Å². The average Bonchev–Trinajstić information content (AvgIpc) is 2.83. The Morgan fingerprint density at radius 3 is 2.94 bits per heavy atom. The van der Waals surface area contributed by atoms with Gasteiger partial charge in [-0.1, -0.05) is 24.3 Å². The van der Waals surface area contributed by atoms with Gasteiger partial charge in [-0.15, -0.1) is 0 Å². The number of aromatic nitrogens is 2. The Hall–Kier alpha value is -1.74. The van der Waals surface area contributed by atoms with Crippen molar-refractivity contribution in [3.05, 3.63) is 59.7 Å². The maximum Gasteiger partial charge on any atom is 0.104 e. The number of fused-ring (bicyclic) bond motifs is 1. The highest BCUT2D eigenvalue weighted by molar-refractivity contribution is 5.36. The molecule has 17 heavy (non-hydrogen) atoms. The summed E-state index contributed by atoms with van der Waals surface area (Å²) in [6.07, 6.45) is 6.37. The Labute approximate surface area is 100 Å². The first-order valence-corrected chi connectivity index (χ1v) is 5.88. The van der Waals surface area contributed by atoms with Crippen molar-refractivity contribution < 1.29 is 5.11 Å². The molecule has 0 saturated heterocycles. The molecule has 0 radical (unpaired) electrons. The minimum atomic E-state index is -0.549. The summed E-state index contributed by atoms with van der Waals surface area (Å²) in [5.41, 5.74) is 3.26. The van der Waals surface area contributed by atoms with Crippen LogP contribution in [0.5, 0.6) is 0 Å². The average molecular weight is 226 g/mol. The maximum atomic E-state index is 10.4. The van der Waals surface area contributed by atoms with E-state index in [2.05, 4.69) is 28.2 Å². The van der Waals surface area contributed by atoms with Gasteiger partial charge >= 0.3 is 0 Å². The zero-order valence-corrected chi connectivity index (χ0v) is 9.45. The lowest BCUT2D eigenvalue weighted by Gasteiger charge is -2.18. The molecule has 1 N–H and O–H groups in total. The van der Waals surface area contributed by atoms with E-state index >= 15 is 0 Å². The van der Waals surface area contributed by atoms with Gasteiger partial charge < -0.3 is 5.11 Å². The molecule has 0 saturated carbocycles. The van der Waals surface area contributed by atoms with Crippen molar-refractivity contribution in [2.24, 2.45) is 0 Å². The predicted molar refractivity (Wildman–Crippen MR) is 64.5 cm³/mol. The van der Waals surface area contributed by atoms with Gasteiger partial charge in [-0.2, -0.15) is 0 Å². The molecule has 1 aliphatic carbocycles.